The van der Waals surface area contributed by atoms with Crippen molar-refractivity contribution < 1.29 is 9.18 Å². The molecule has 0 radical (unpaired) electrons. The number of aryl methyl sites for hydroxylation is 1. The highest BCUT2D eigenvalue weighted by molar-refractivity contribution is 7.99. The van der Waals surface area contributed by atoms with Crippen LogP contribution in [0.3, 0.4) is 0 Å². The summed E-state index contributed by atoms with van der Waals surface area (Å²) in [6.45, 7) is 0. The highest BCUT2D eigenvalue weighted by atomic mass is 32.2. The molecule has 2 aromatic rings. The maximum Gasteiger partial charge on any atom is 0.229 e. The van der Waals surface area contributed by atoms with Crippen LogP contribution in [0.15, 0.2) is 30.5 Å². The predicted octanol–water partition coefficient (Wildman–Crippen LogP) is 2.94. The van der Waals surface area contributed by atoms with Crippen LogP contribution in [-0.2, 0) is 11.2 Å². The number of amides is 1. The number of aromatic nitrogens is 2. The van der Waals surface area contributed by atoms with Crippen LogP contribution in [0, 0.1) is 23.6 Å². The Balaban J connectivity index is 1.54. The van der Waals surface area contributed by atoms with Crippen LogP contribution in [0.1, 0.15) is 18.4 Å². The van der Waals surface area contributed by atoms with E-state index in [-0.39, 0.29) is 35.5 Å². The van der Waals surface area contributed by atoms with Gasteiger partial charge >= 0.3 is 0 Å². The molecule has 5 rings (SSSR count). The van der Waals surface area contributed by atoms with Gasteiger partial charge in [-0.05, 0) is 54.5 Å². The lowest BCUT2D eigenvalue weighted by Crippen LogP contribution is -2.46. The first kappa shape index (κ1) is 17.7. The van der Waals surface area contributed by atoms with E-state index in [9.17, 15) is 9.18 Å². The van der Waals surface area contributed by atoms with E-state index < -0.39 is 5.82 Å². The van der Waals surface area contributed by atoms with Crippen molar-refractivity contribution in [3.8, 4) is 0 Å². The normalized spacial score (nSPS) is 30.8. The van der Waals surface area contributed by atoms with Gasteiger partial charge in [0.05, 0.1) is 12.1 Å². The first-order chi connectivity index (χ1) is 13.6. The van der Waals surface area contributed by atoms with Gasteiger partial charge in [0.15, 0.2) is 11.6 Å². The van der Waals surface area contributed by atoms with Crippen LogP contribution in [0.4, 0.5) is 21.8 Å². The standard InChI is InChI=1S/C20H22FN5OS/c21-14-9-23-20-24-12-3-1-2-10(6-12)4-5-28-15-8-11-7-13(15)17(16(11)18(22)27)25-19(14)26-20/h1-3,6,9,11,13,15-17H,4-5,7-8H2,(H2,22,27)(H2,23,24,25,26)/t11-,13+,15+,16-,17+/m0/s1. The summed E-state index contributed by atoms with van der Waals surface area (Å²) in [5, 5.41) is 6.82. The van der Waals surface area contributed by atoms with E-state index in [1.165, 1.54) is 5.56 Å². The Kier molecular flexibility index (Phi) is 4.38. The molecule has 1 aromatic heterocycles. The molecule has 8 heteroatoms. The summed E-state index contributed by atoms with van der Waals surface area (Å²) < 4.78 is 14.4. The average Bonchev–Trinajstić information content (AvgIpc) is 3.22. The van der Waals surface area contributed by atoms with Crippen molar-refractivity contribution >= 4 is 35.1 Å². The predicted molar refractivity (Wildman–Crippen MR) is 108 cm³/mol. The number of hydrogen-bond donors (Lipinski definition) is 3. The largest absolute Gasteiger partial charge is 0.369 e. The first-order valence-electron chi connectivity index (χ1n) is 9.64. The molecule has 3 aliphatic rings. The molecule has 2 aliphatic carbocycles. The second kappa shape index (κ2) is 6.92. The lowest BCUT2D eigenvalue weighted by Gasteiger charge is -2.35. The molecule has 1 aromatic carbocycles. The molecule has 2 heterocycles. The lowest BCUT2D eigenvalue weighted by molar-refractivity contribution is -0.123. The van der Waals surface area contributed by atoms with Crippen LogP contribution < -0.4 is 16.4 Å². The third kappa shape index (κ3) is 3.09. The molecule has 6 bridgehead atoms. The number of rotatable bonds is 1. The molecule has 4 N–H and O–H groups in total. The fourth-order valence-corrected chi connectivity index (χ4v) is 6.61. The highest BCUT2D eigenvalue weighted by Gasteiger charge is 2.55. The van der Waals surface area contributed by atoms with Gasteiger partial charge in [-0.3, -0.25) is 4.79 Å². The van der Waals surface area contributed by atoms with Crippen LogP contribution in [-0.4, -0.2) is 32.9 Å². The number of primary amides is 1. The van der Waals surface area contributed by atoms with Crippen molar-refractivity contribution in [3.63, 3.8) is 0 Å². The summed E-state index contributed by atoms with van der Waals surface area (Å²) in [6, 6.07) is 7.95. The minimum Gasteiger partial charge on any atom is -0.369 e. The number of hydrogen-bond acceptors (Lipinski definition) is 6. The molecule has 6 nitrogen and oxygen atoms in total. The van der Waals surface area contributed by atoms with E-state index in [0.717, 1.165) is 36.9 Å². The molecule has 28 heavy (non-hydrogen) atoms. The van der Waals surface area contributed by atoms with Gasteiger partial charge in [0.1, 0.15) is 0 Å². The second-order valence-corrected chi connectivity index (χ2v) is 9.22. The van der Waals surface area contributed by atoms with E-state index in [1.54, 1.807) is 0 Å². The summed E-state index contributed by atoms with van der Waals surface area (Å²) in [4.78, 5) is 20.5. The zero-order chi connectivity index (χ0) is 19.3. The number of carbonyl (C=O) groups is 1. The molecule has 0 saturated heterocycles. The van der Waals surface area contributed by atoms with E-state index in [0.29, 0.717) is 11.2 Å². The molecule has 1 aliphatic heterocycles. The van der Waals surface area contributed by atoms with Gasteiger partial charge in [-0.2, -0.15) is 16.7 Å². The van der Waals surface area contributed by atoms with Gasteiger partial charge in [0, 0.05) is 17.0 Å². The van der Waals surface area contributed by atoms with E-state index in [4.69, 9.17) is 5.73 Å². The Bertz CT molecular complexity index is 925. The summed E-state index contributed by atoms with van der Waals surface area (Å²) in [5.74, 6) is 0.888. The minimum absolute atomic E-state index is 0.123. The van der Waals surface area contributed by atoms with E-state index in [1.807, 2.05) is 23.9 Å². The molecule has 5 atom stereocenters. The van der Waals surface area contributed by atoms with Crippen molar-refractivity contribution in [1.82, 2.24) is 9.97 Å². The van der Waals surface area contributed by atoms with Crippen LogP contribution >= 0.6 is 11.8 Å². The Morgan fingerprint density at radius 3 is 3.07 bits per heavy atom. The number of thioether (sulfide) groups is 1. The molecule has 146 valence electrons. The number of nitrogens with two attached hydrogens (primary N) is 1. The molecule has 1 amide bonds. The fourth-order valence-electron chi connectivity index (χ4n) is 5.05. The Labute approximate surface area is 166 Å². The Hall–Kier alpha value is -2.35. The number of nitrogens with zero attached hydrogens (tertiary/aromatic N) is 2. The molecular weight excluding hydrogens is 377 g/mol. The topological polar surface area (TPSA) is 92.9 Å². The van der Waals surface area contributed by atoms with Crippen molar-refractivity contribution in [1.29, 1.82) is 0 Å². The summed E-state index contributed by atoms with van der Waals surface area (Å²) in [5.41, 5.74) is 7.82. The van der Waals surface area contributed by atoms with Crippen molar-refractivity contribution in [2.75, 3.05) is 16.4 Å². The quantitative estimate of drug-likeness (QED) is 0.683. The van der Waals surface area contributed by atoms with Gasteiger partial charge in [0.2, 0.25) is 11.9 Å². The molecule has 0 spiro atoms. The third-order valence-corrected chi connectivity index (χ3v) is 7.64. The van der Waals surface area contributed by atoms with Crippen molar-refractivity contribution in [2.24, 2.45) is 23.5 Å². The molecule has 2 saturated carbocycles. The zero-order valence-electron chi connectivity index (χ0n) is 15.3. The van der Waals surface area contributed by atoms with Gasteiger partial charge in [-0.15, -0.1) is 0 Å². The van der Waals surface area contributed by atoms with Gasteiger partial charge in [-0.1, -0.05) is 12.1 Å². The third-order valence-electron chi connectivity index (χ3n) is 6.23. The minimum atomic E-state index is -0.526. The van der Waals surface area contributed by atoms with Crippen molar-refractivity contribution in [3.05, 3.63) is 41.8 Å². The van der Waals surface area contributed by atoms with Crippen LogP contribution in [0.5, 0.6) is 0 Å². The van der Waals surface area contributed by atoms with E-state index in [2.05, 4.69) is 32.7 Å². The molecule has 0 unspecified atom stereocenters. The summed E-state index contributed by atoms with van der Waals surface area (Å²) in [7, 11) is 0. The zero-order valence-corrected chi connectivity index (χ0v) is 16.1. The number of halogens is 1. The molecular formula is C20H22FN5OS. The van der Waals surface area contributed by atoms with Crippen LogP contribution in [0.2, 0.25) is 0 Å². The maximum absolute atomic E-state index is 14.4. The van der Waals surface area contributed by atoms with Crippen LogP contribution in [0.25, 0.3) is 0 Å². The van der Waals surface area contributed by atoms with Crippen molar-refractivity contribution in [2.45, 2.75) is 30.6 Å². The van der Waals surface area contributed by atoms with Gasteiger partial charge in [-0.25, -0.2) is 9.37 Å². The SMILES string of the molecule is NC(=O)[C@H]1[C@H]2C[C@H]3[C@H]1Nc1nc(ncc1F)Nc1cccc(c1)CCS[C@@H]3C2. The van der Waals surface area contributed by atoms with Gasteiger partial charge in [0.25, 0.3) is 0 Å². The Morgan fingerprint density at radius 1 is 1.32 bits per heavy atom. The Morgan fingerprint density at radius 2 is 2.21 bits per heavy atom. The second-order valence-electron chi connectivity index (χ2n) is 7.87. The monoisotopic (exact) mass is 399 g/mol. The van der Waals surface area contributed by atoms with Gasteiger partial charge < -0.3 is 16.4 Å². The number of benzene rings is 1. The number of carbonyl (C=O) groups excluding carboxylic acids is 1. The summed E-state index contributed by atoms with van der Waals surface area (Å²) in [6.07, 6.45) is 4.09. The highest BCUT2D eigenvalue weighted by Crippen LogP contribution is 2.53. The number of fused-ring (bicyclic) bond motifs is 5. The maximum atomic E-state index is 14.4. The summed E-state index contributed by atoms with van der Waals surface area (Å²) >= 11 is 1.96. The first-order valence-corrected chi connectivity index (χ1v) is 10.7. The smallest absolute Gasteiger partial charge is 0.229 e. The number of nitrogens with one attached hydrogen (secondary N) is 2. The van der Waals surface area contributed by atoms with E-state index >= 15 is 0 Å². The lowest BCUT2D eigenvalue weighted by atomic mass is 9.83. The fraction of sp³-hybridized carbons (Fsp3) is 0.450. The molecule has 2 fully saturated rings. The number of anilines is 3. The average molecular weight is 399 g/mol.